The van der Waals surface area contributed by atoms with E-state index in [0.29, 0.717) is 22.7 Å². The number of nitrogens with zero attached hydrogens (tertiary/aromatic N) is 3. The molecule has 2 atom stereocenters. The number of aryl methyl sites for hydroxylation is 1. The van der Waals surface area contributed by atoms with E-state index in [2.05, 4.69) is 36.0 Å². The zero-order valence-electron chi connectivity index (χ0n) is 14.5. The number of nitrogens with one attached hydrogen (secondary N) is 1. The highest BCUT2D eigenvalue weighted by molar-refractivity contribution is 7.99. The highest BCUT2D eigenvalue weighted by Gasteiger charge is 2.25. The maximum Gasteiger partial charge on any atom is 0.233 e. The van der Waals surface area contributed by atoms with Gasteiger partial charge >= 0.3 is 0 Å². The van der Waals surface area contributed by atoms with Gasteiger partial charge < -0.3 is 4.90 Å². The zero-order valence-corrected chi connectivity index (χ0v) is 15.3. The molecule has 6 heteroatoms. The van der Waals surface area contributed by atoms with Gasteiger partial charge in [-0.1, -0.05) is 55.4 Å². The molecule has 0 spiro atoms. The molecule has 0 radical (unpaired) electrons. The van der Waals surface area contributed by atoms with E-state index >= 15 is 0 Å². The summed E-state index contributed by atoms with van der Waals surface area (Å²) in [6, 6.07) is 8.14. The quantitative estimate of drug-likeness (QED) is 0.864. The molecular weight excluding hydrogens is 320 g/mol. The van der Waals surface area contributed by atoms with Crippen LogP contribution in [0.1, 0.15) is 25.8 Å². The molecule has 128 valence electrons. The summed E-state index contributed by atoms with van der Waals surface area (Å²) in [5.74, 6) is 2.48. The van der Waals surface area contributed by atoms with Gasteiger partial charge in [-0.25, -0.2) is 4.98 Å². The van der Waals surface area contributed by atoms with E-state index in [1.165, 1.54) is 23.7 Å². The molecule has 0 bridgehead atoms. The Morgan fingerprint density at radius 2 is 1.92 bits per heavy atom. The molecule has 1 aliphatic heterocycles. The van der Waals surface area contributed by atoms with Crippen LogP contribution >= 0.6 is 11.8 Å². The highest BCUT2D eigenvalue weighted by atomic mass is 32.2. The maximum absolute atomic E-state index is 12.4. The summed E-state index contributed by atoms with van der Waals surface area (Å²) in [5.41, 5.74) is 2.22. The van der Waals surface area contributed by atoms with Gasteiger partial charge in [0.05, 0.1) is 5.75 Å². The molecule has 24 heavy (non-hydrogen) atoms. The lowest BCUT2D eigenvalue weighted by Gasteiger charge is -2.34. The van der Waals surface area contributed by atoms with Crippen molar-refractivity contribution in [1.82, 2.24) is 20.1 Å². The molecule has 0 unspecified atom stereocenters. The van der Waals surface area contributed by atoms with Crippen molar-refractivity contribution in [2.24, 2.45) is 11.8 Å². The zero-order chi connectivity index (χ0) is 17.1. The summed E-state index contributed by atoms with van der Waals surface area (Å²) < 4.78 is 0. The van der Waals surface area contributed by atoms with Gasteiger partial charge in [-0.15, -0.1) is 5.10 Å². The minimum Gasteiger partial charge on any atom is -0.341 e. The number of rotatable bonds is 4. The number of benzene rings is 1. The molecule has 1 aliphatic rings. The van der Waals surface area contributed by atoms with Gasteiger partial charge in [-0.3, -0.25) is 9.89 Å². The van der Waals surface area contributed by atoms with Crippen molar-refractivity contribution in [2.75, 3.05) is 18.8 Å². The number of aromatic nitrogens is 3. The number of amides is 1. The molecule has 5 nitrogen and oxygen atoms in total. The summed E-state index contributed by atoms with van der Waals surface area (Å²) in [7, 11) is 0. The summed E-state index contributed by atoms with van der Waals surface area (Å²) in [6.45, 7) is 8.22. The molecular formula is C18H24N4OS. The number of H-pyrrole nitrogens is 1. The van der Waals surface area contributed by atoms with E-state index in [-0.39, 0.29) is 5.91 Å². The molecule has 1 fully saturated rings. The average Bonchev–Trinajstić information content (AvgIpc) is 3.01. The highest BCUT2D eigenvalue weighted by Crippen LogP contribution is 2.23. The second-order valence-electron chi connectivity index (χ2n) is 6.87. The normalized spacial score (nSPS) is 21.0. The maximum atomic E-state index is 12.4. The Labute approximate surface area is 147 Å². The van der Waals surface area contributed by atoms with Crippen LogP contribution in [0.4, 0.5) is 0 Å². The van der Waals surface area contributed by atoms with Crippen molar-refractivity contribution in [3.63, 3.8) is 0 Å². The van der Waals surface area contributed by atoms with Gasteiger partial charge in [0.15, 0.2) is 5.82 Å². The van der Waals surface area contributed by atoms with Gasteiger partial charge in [0.2, 0.25) is 11.1 Å². The molecule has 2 aromatic rings. The van der Waals surface area contributed by atoms with Crippen molar-refractivity contribution in [2.45, 2.75) is 32.3 Å². The Morgan fingerprint density at radius 1 is 1.25 bits per heavy atom. The summed E-state index contributed by atoms with van der Waals surface area (Å²) in [5, 5.41) is 7.79. The van der Waals surface area contributed by atoms with Crippen LogP contribution in [0.2, 0.25) is 0 Å². The Balaban J connectivity index is 1.57. The first-order valence-electron chi connectivity index (χ1n) is 8.41. The summed E-state index contributed by atoms with van der Waals surface area (Å²) >= 11 is 1.40. The lowest BCUT2D eigenvalue weighted by Crippen LogP contribution is -2.43. The van der Waals surface area contributed by atoms with Crippen molar-refractivity contribution < 1.29 is 4.79 Å². The third-order valence-electron chi connectivity index (χ3n) is 4.34. The number of likely N-dealkylation sites (tertiary alicyclic amines) is 1. The van der Waals surface area contributed by atoms with E-state index < -0.39 is 0 Å². The second-order valence-corrected chi connectivity index (χ2v) is 7.81. The number of hydrogen-bond donors (Lipinski definition) is 1. The van der Waals surface area contributed by atoms with Gasteiger partial charge in [-0.2, -0.15) is 0 Å². The van der Waals surface area contributed by atoms with E-state index in [1.54, 1.807) is 0 Å². The van der Waals surface area contributed by atoms with Gasteiger partial charge in [0, 0.05) is 18.7 Å². The van der Waals surface area contributed by atoms with Crippen LogP contribution in [0.5, 0.6) is 0 Å². The monoisotopic (exact) mass is 344 g/mol. The topological polar surface area (TPSA) is 61.9 Å². The number of carbonyl (C=O) groups is 1. The summed E-state index contributed by atoms with van der Waals surface area (Å²) in [4.78, 5) is 18.9. The summed E-state index contributed by atoms with van der Waals surface area (Å²) in [6.07, 6.45) is 1.21. The van der Waals surface area contributed by atoms with Crippen LogP contribution in [0.25, 0.3) is 11.4 Å². The lowest BCUT2D eigenvalue weighted by molar-refractivity contribution is -0.130. The number of thioether (sulfide) groups is 1. The predicted molar refractivity (Wildman–Crippen MR) is 96.8 cm³/mol. The fourth-order valence-electron chi connectivity index (χ4n) is 3.24. The van der Waals surface area contributed by atoms with Crippen LogP contribution in [-0.4, -0.2) is 44.8 Å². The first-order valence-corrected chi connectivity index (χ1v) is 9.40. The molecule has 1 aromatic carbocycles. The fourth-order valence-corrected chi connectivity index (χ4v) is 3.94. The minimum atomic E-state index is 0.181. The van der Waals surface area contributed by atoms with Crippen molar-refractivity contribution in [3.05, 3.63) is 29.8 Å². The van der Waals surface area contributed by atoms with Crippen LogP contribution < -0.4 is 0 Å². The molecule has 1 N–H and O–H groups in total. The van der Waals surface area contributed by atoms with Crippen LogP contribution in [0.3, 0.4) is 0 Å². The molecule has 0 saturated carbocycles. The van der Waals surface area contributed by atoms with Gasteiger partial charge in [0.25, 0.3) is 0 Å². The van der Waals surface area contributed by atoms with Gasteiger partial charge in [0.1, 0.15) is 0 Å². The Kier molecular flexibility index (Phi) is 5.23. The van der Waals surface area contributed by atoms with E-state index in [4.69, 9.17) is 0 Å². The Hall–Kier alpha value is -1.82. The van der Waals surface area contributed by atoms with Crippen LogP contribution in [-0.2, 0) is 4.79 Å². The van der Waals surface area contributed by atoms with Crippen molar-refractivity contribution in [3.8, 4) is 11.4 Å². The smallest absolute Gasteiger partial charge is 0.233 e. The number of carbonyl (C=O) groups excluding carboxylic acids is 1. The molecule has 2 heterocycles. The lowest BCUT2D eigenvalue weighted by atomic mass is 9.92. The first kappa shape index (κ1) is 17.0. The number of hydrogen-bond acceptors (Lipinski definition) is 4. The molecule has 0 aliphatic carbocycles. The minimum absolute atomic E-state index is 0.181. The first-order chi connectivity index (χ1) is 11.5. The average molecular weight is 344 g/mol. The van der Waals surface area contributed by atoms with Crippen molar-refractivity contribution in [1.29, 1.82) is 0 Å². The third-order valence-corrected chi connectivity index (χ3v) is 5.17. The third kappa shape index (κ3) is 4.17. The fraction of sp³-hybridized carbons (Fsp3) is 0.500. The molecule has 1 amide bonds. The van der Waals surface area contributed by atoms with Crippen LogP contribution in [0.15, 0.2) is 29.4 Å². The van der Waals surface area contributed by atoms with E-state index in [1.807, 2.05) is 29.2 Å². The second kappa shape index (κ2) is 7.38. The SMILES string of the molecule is Cc1ccc(-c2nc(SCC(=O)N3C[C@H](C)C[C@@H](C)C3)n[nH]2)cc1. The largest absolute Gasteiger partial charge is 0.341 e. The van der Waals surface area contributed by atoms with E-state index in [0.717, 1.165) is 24.5 Å². The molecule has 3 rings (SSSR count). The molecule has 1 saturated heterocycles. The molecule has 1 aromatic heterocycles. The Morgan fingerprint density at radius 3 is 2.58 bits per heavy atom. The number of piperidine rings is 1. The number of aromatic amines is 1. The van der Waals surface area contributed by atoms with Crippen molar-refractivity contribution >= 4 is 17.7 Å². The van der Waals surface area contributed by atoms with E-state index in [9.17, 15) is 4.79 Å². The predicted octanol–water partition coefficient (Wildman–Crippen LogP) is 3.38. The van der Waals surface area contributed by atoms with Gasteiger partial charge in [-0.05, 0) is 25.2 Å². The standard InChI is InChI=1S/C18H24N4OS/c1-12-4-6-15(7-5-12)17-19-18(21-20-17)24-11-16(23)22-9-13(2)8-14(3)10-22/h4-7,13-14H,8-11H2,1-3H3,(H,19,20,21)/t13-,14-/m1/s1. The Bertz CT molecular complexity index is 687. The van der Waals surface area contributed by atoms with Crippen LogP contribution in [0, 0.1) is 18.8 Å².